The molecule has 1 saturated heterocycles. The Morgan fingerprint density at radius 3 is 2.29 bits per heavy atom. The number of Topliss-reactive ketones (excluding diaryl/α,β-unsaturated/α-hetero) is 3. The van der Waals surface area contributed by atoms with Gasteiger partial charge in [-0.05, 0) is 52.9 Å². The average Bonchev–Trinajstić information content (AvgIpc) is 3.62. The topological polar surface area (TPSA) is 54.5 Å². The van der Waals surface area contributed by atoms with Gasteiger partial charge in [0.05, 0.1) is 10.9 Å². The number of carbonyl (C=O) groups is 3. The lowest BCUT2D eigenvalue weighted by atomic mass is 9.64. The van der Waals surface area contributed by atoms with Gasteiger partial charge in [-0.2, -0.15) is 0 Å². The third-order valence-electron chi connectivity index (χ3n) is 8.03. The molecule has 1 fully saturated rings. The molecule has 4 nitrogen and oxygen atoms in total. The summed E-state index contributed by atoms with van der Waals surface area (Å²) in [7, 11) is 0. The van der Waals surface area contributed by atoms with E-state index in [2.05, 4.69) is 0 Å². The van der Waals surface area contributed by atoms with Crippen molar-refractivity contribution in [2.45, 2.75) is 18.0 Å². The molecule has 2 aliphatic heterocycles. The number of fused-ring (bicyclic) bond motifs is 5. The highest BCUT2D eigenvalue weighted by Crippen LogP contribution is 2.61. The van der Waals surface area contributed by atoms with Crippen LogP contribution >= 0.6 is 22.9 Å². The van der Waals surface area contributed by atoms with Gasteiger partial charge < -0.3 is 4.90 Å². The van der Waals surface area contributed by atoms with Crippen LogP contribution in [0.15, 0.2) is 90.3 Å². The molecule has 7 heteroatoms. The molecule has 0 saturated carbocycles. The maximum Gasteiger partial charge on any atom is 0.195 e. The van der Waals surface area contributed by atoms with Gasteiger partial charge in [-0.25, -0.2) is 4.39 Å². The first-order chi connectivity index (χ1) is 18.4. The van der Waals surface area contributed by atoms with Gasteiger partial charge in [0.2, 0.25) is 0 Å². The molecule has 38 heavy (non-hydrogen) atoms. The van der Waals surface area contributed by atoms with Crippen molar-refractivity contribution in [3.05, 3.63) is 128 Å². The van der Waals surface area contributed by atoms with Crippen LogP contribution < -0.4 is 4.90 Å². The first kappa shape index (κ1) is 23.3. The molecule has 7 rings (SSSR count). The summed E-state index contributed by atoms with van der Waals surface area (Å²) in [6, 6.07) is 20.0. The minimum Gasteiger partial charge on any atom is -0.352 e. The van der Waals surface area contributed by atoms with E-state index >= 15 is 0 Å². The lowest BCUT2D eigenvalue weighted by Crippen LogP contribution is -2.48. The van der Waals surface area contributed by atoms with Crippen molar-refractivity contribution in [1.29, 1.82) is 0 Å². The molecular weight excluding hydrogens is 521 g/mol. The third-order valence-corrected chi connectivity index (χ3v) is 9.15. The minimum absolute atomic E-state index is 0.191. The van der Waals surface area contributed by atoms with E-state index in [4.69, 9.17) is 11.6 Å². The molecular formula is C31H19ClFNO3S. The number of nitrogens with zero attached hydrogens (tertiary/aromatic N) is 1. The van der Waals surface area contributed by atoms with Crippen LogP contribution in [0.5, 0.6) is 0 Å². The van der Waals surface area contributed by atoms with Gasteiger partial charge in [0.25, 0.3) is 0 Å². The number of ketones is 3. The Labute approximate surface area is 227 Å². The first-order valence-corrected chi connectivity index (χ1v) is 13.5. The fraction of sp³-hybridized carbons (Fsp3) is 0.129. The van der Waals surface area contributed by atoms with Crippen molar-refractivity contribution in [1.82, 2.24) is 0 Å². The van der Waals surface area contributed by atoms with Gasteiger partial charge >= 0.3 is 0 Å². The van der Waals surface area contributed by atoms with Crippen molar-refractivity contribution in [2.24, 2.45) is 5.41 Å². The maximum absolute atomic E-state index is 14.5. The predicted octanol–water partition coefficient (Wildman–Crippen LogP) is 6.86. The van der Waals surface area contributed by atoms with Crippen LogP contribution in [-0.4, -0.2) is 29.4 Å². The van der Waals surface area contributed by atoms with Gasteiger partial charge in [-0.15, -0.1) is 11.3 Å². The van der Waals surface area contributed by atoms with E-state index in [0.717, 1.165) is 11.3 Å². The van der Waals surface area contributed by atoms with Crippen molar-refractivity contribution in [2.75, 3.05) is 4.90 Å². The van der Waals surface area contributed by atoms with E-state index in [1.807, 2.05) is 28.5 Å². The quantitative estimate of drug-likeness (QED) is 0.211. The molecule has 0 bridgehead atoms. The van der Waals surface area contributed by atoms with Gasteiger partial charge in [0, 0.05) is 27.8 Å². The number of carbonyl (C=O) groups excluding carboxylic acids is 3. The van der Waals surface area contributed by atoms with Crippen molar-refractivity contribution in [3.8, 4) is 0 Å². The van der Waals surface area contributed by atoms with Crippen molar-refractivity contribution < 1.29 is 18.8 Å². The number of halogens is 2. The van der Waals surface area contributed by atoms with Gasteiger partial charge in [0.1, 0.15) is 17.3 Å². The molecule has 0 radical (unpaired) electrons. The highest BCUT2D eigenvalue weighted by Gasteiger charge is 2.71. The second-order valence-electron chi connectivity index (χ2n) is 9.80. The largest absolute Gasteiger partial charge is 0.352 e. The summed E-state index contributed by atoms with van der Waals surface area (Å²) in [6.07, 6.45) is 3.71. The van der Waals surface area contributed by atoms with Crippen LogP contribution in [0, 0.1) is 11.2 Å². The standard InChI is InChI=1S/C31H19ClFNO3S/c32-19-10-13-23-18(16-19)9-14-25-31(29(36)21-4-1-2-5-22(21)30(31)37)26(17-7-11-20(33)12-8-17)27(34(23)25)28(35)24-6-3-15-38-24/h1-16,25-27H/t25-,26+,27-/m0/s1. The van der Waals surface area contributed by atoms with Gasteiger partial charge in [0.15, 0.2) is 17.3 Å². The summed E-state index contributed by atoms with van der Waals surface area (Å²) in [6.45, 7) is 0. The Balaban J connectivity index is 1.56. The first-order valence-electron chi connectivity index (χ1n) is 12.2. The molecule has 1 aromatic heterocycles. The molecule has 1 aliphatic carbocycles. The fourth-order valence-corrected chi connectivity index (χ4v) is 7.43. The Morgan fingerprint density at radius 2 is 1.63 bits per heavy atom. The molecule has 3 aliphatic rings. The van der Waals surface area contributed by atoms with Crippen LogP contribution in [0.3, 0.4) is 0 Å². The van der Waals surface area contributed by atoms with Crippen LogP contribution in [-0.2, 0) is 0 Å². The summed E-state index contributed by atoms with van der Waals surface area (Å²) in [5.74, 6) is -2.12. The number of thiophene rings is 1. The minimum atomic E-state index is -1.60. The van der Waals surface area contributed by atoms with Crippen molar-refractivity contribution in [3.63, 3.8) is 0 Å². The highest BCUT2D eigenvalue weighted by atomic mass is 35.5. The molecule has 3 aromatic carbocycles. The van der Waals surface area contributed by atoms with E-state index in [0.29, 0.717) is 26.6 Å². The molecule has 3 atom stereocenters. The molecule has 3 heterocycles. The lowest BCUT2D eigenvalue weighted by Gasteiger charge is -2.37. The van der Waals surface area contributed by atoms with Crippen LogP contribution in [0.1, 0.15) is 47.4 Å². The van der Waals surface area contributed by atoms with E-state index in [9.17, 15) is 18.8 Å². The van der Waals surface area contributed by atoms with Crippen molar-refractivity contribution >= 4 is 52.1 Å². The molecule has 0 amide bonds. The van der Waals surface area contributed by atoms with Crippen LogP contribution in [0.4, 0.5) is 10.1 Å². The fourth-order valence-electron chi connectivity index (χ4n) is 6.56. The summed E-state index contributed by atoms with van der Waals surface area (Å²) in [5.41, 5.74) is 1.18. The van der Waals surface area contributed by atoms with Gasteiger partial charge in [-0.3, -0.25) is 14.4 Å². The molecule has 186 valence electrons. The van der Waals surface area contributed by atoms with E-state index < -0.39 is 29.2 Å². The Hall–Kier alpha value is -3.87. The average molecular weight is 540 g/mol. The normalized spacial score (nSPS) is 22.5. The number of anilines is 1. The third kappa shape index (κ3) is 2.99. The number of rotatable bonds is 3. The zero-order valence-corrected chi connectivity index (χ0v) is 21.4. The monoisotopic (exact) mass is 539 g/mol. The summed E-state index contributed by atoms with van der Waals surface area (Å²) < 4.78 is 14.1. The maximum atomic E-state index is 14.5. The number of hydrogen-bond acceptors (Lipinski definition) is 5. The predicted molar refractivity (Wildman–Crippen MR) is 146 cm³/mol. The smallest absolute Gasteiger partial charge is 0.195 e. The number of benzene rings is 3. The van der Waals surface area contributed by atoms with Crippen LogP contribution in [0.25, 0.3) is 6.08 Å². The second-order valence-corrected chi connectivity index (χ2v) is 11.2. The van der Waals surface area contributed by atoms with E-state index in [1.54, 1.807) is 60.7 Å². The Bertz CT molecular complexity index is 1640. The molecule has 0 N–H and O–H groups in total. The SMILES string of the molecule is O=C(c1cccs1)[C@@H]1[C@@H](c2ccc(F)cc2)C2(C(=O)c3ccccc3C2=O)[C@@H]2C=Cc3cc(Cl)ccc3N12. The summed E-state index contributed by atoms with van der Waals surface area (Å²) in [4.78, 5) is 45.7. The summed E-state index contributed by atoms with van der Waals surface area (Å²) in [5, 5.41) is 2.37. The van der Waals surface area contributed by atoms with E-state index in [-0.39, 0.29) is 17.3 Å². The zero-order chi connectivity index (χ0) is 26.2. The van der Waals surface area contributed by atoms with E-state index in [1.165, 1.54) is 23.5 Å². The molecule has 1 spiro atoms. The molecule has 0 unspecified atom stereocenters. The highest BCUT2D eigenvalue weighted by molar-refractivity contribution is 7.12. The molecule has 4 aromatic rings. The summed E-state index contributed by atoms with van der Waals surface area (Å²) >= 11 is 7.62. The number of hydrogen-bond donors (Lipinski definition) is 0. The Morgan fingerprint density at radius 1 is 0.921 bits per heavy atom. The lowest BCUT2D eigenvalue weighted by molar-refractivity contribution is 0.0666. The van der Waals surface area contributed by atoms with Crippen LogP contribution in [0.2, 0.25) is 5.02 Å². The Kier molecular flexibility index (Phi) is 5.09. The van der Waals surface area contributed by atoms with Gasteiger partial charge in [-0.1, -0.05) is 66.2 Å². The zero-order valence-electron chi connectivity index (χ0n) is 19.8. The second kappa shape index (κ2) is 8.32.